The molecule has 0 saturated heterocycles. The topological polar surface area (TPSA) is 61.8 Å². The zero-order chi connectivity index (χ0) is 13.9. The fourth-order valence-corrected chi connectivity index (χ4v) is 2.07. The summed E-state index contributed by atoms with van der Waals surface area (Å²) in [4.78, 5) is 4.45. The number of methoxy groups -OCH3 is 1. The summed E-state index contributed by atoms with van der Waals surface area (Å²) < 4.78 is 12.9. The summed E-state index contributed by atoms with van der Waals surface area (Å²) in [6.45, 7) is 0.352. The van der Waals surface area contributed by atoms with Crippen molar-refractivity contribution in [2.75, 3.05) is 7.11 Å². The highest BCUT2D eigenvalue weighted by Crippen LogP contribution is 2.27. The Balaban J connectivity index is 2.01. The summed E-state index contributed by atoms with van der Waals surface area (Å²) in [5, 5.41) is 0. The van der Waals surface area contributed by atoms with Gasteiger partial charge in [0.1, 0.15) is 22.8 Å². The first-order chi connectivity index (χ1) is 9.81. The molecule has 20 heavy (non-hydrogen) atoms. The number of imidazole rings is 1. The smallest absolute Gasteiger partial charge is 0.242 e. The monoisotopic (exact) mass is 269 g/mol. The number of hydrogen-bond acceptors (Lipinski definition) is 4. The van der Waals surface area contributed by atoms with Crippen molar-refractivity contribution in [3.05, 3.63) is 54.4 Å². The van der Waals surface area contributed by atoms with Crippen LogP contribution in [0.2, 0.25) is 0 Å². The van der Waals surface area contributed by atoms with Gasteiger partial charge in [-0.3, -0.25) is 4.40 Å². The predicted molar refractivity (Wildman–Crippen MR) is 76.2 cm³/mol. The van der Waals surface area contributed by atoms with Gasteiger partial charge in [0.25, 0.3) is 0 Å². The van der Waals surface area contributed by atoms with Gasteiger partial charge in [0.05, 0.1) is 7.11 Å². The van der Waals surface area contributed by atoms with Crippen molar-refractivity contribution < 1.29 is 9.47 Å². The van der Waals surface area contributed by atoms with E-state index in [0.29, 0.717) is 18.2 Å². The zero-order valence-electron chi connectivity index (χ0n) is 11.1. The van der Waals surface area contributed by atoms with E-state index in [-0.39, 0.29) is 0 Å². The van der Waals surface area contributed by atoms with Crippen LogP contribution in [0.1, 0.15) is 5.69 Å². The van der Waals surface area contributed by atoms with Crippen molar-refractivity contribution in [2.45, 2.75) is 6.54 Å². The van der Waals surface area contributed by atoms with E-state index in [9.17, 15) is 0 Å². The minimum atomic E-state index is 0.352. The number of pyridine rings is 1. The third-order valence-electron chi connectivity index (χ3n) is 3.04. The molecule has 1 aromatic carbocycles. The lowest BCUT2D eigenvalue weighted by atomic mass is 10.3. The van der Waals surface area contributed by atoms with Crippen molar-refractivity contribution in [3.63, 3.8) is 0 Å². The van der Waals surface area contributed by atoms with E-state index in [0.717, 1.165) is 17.1 Å². The number of aromatic nitrogens is 2. The van der Waals surface area contributed by atoms with Gasteiger partial charge in [-0.05, 0) is 24.3 Å². The largest absolute Gasteiger partial charge is 0.497 e. The van der Waals surface area contributed by atoms with E-state index < -0.39 is 0 Å². The lowest BCUT2D eigenvalue weighted by Gasteiger charge is -2.06. The molecule has 2 heterocycles. The molecule has 0 fully saturated rings. The molecule has 0 radical (unpaired) electrons. The Morgan fingerprint density at radius 2 is 2.00 bits per heavy atom. The number of hydrogen-bond donors (Lipinski definition) is 1. The minimum absolute atomic E-state index is 0.352. The summed E-state index contributed by atoms with van der Waals surface area (Å²) in [5.74, 6) is 1.93. The quantitative estimate of drug-likeness (QED) is 0.790. The van der Waals surface area contributed by atoms with Gasteiger partial charge in [0.2, 0.25) is 5.88 Å². The normalized spacial score (nSPS) is 10.7. The molecule has 0 spiro atoms. The first-order valence-corrected chi connectivity index (χ1v) is 6.30. The fraction of sp³-hybridized carbons (Fsp3) is 0.133. The molecule has 3 rings (SSSR count). The number of nitrogens with zero attached hydrogens (tertiary/aromatic N) is 2. The average Bonchev–Trinajstić information content (AvgIpc) is 2.84. The van der Waals surface area contributed by atoms with Gasteiger partial charge in [-0.2, -0.15) is 4.98 Å². The maximum atomic E-state index is 5.84. The summed E-state index contributed by atoms with van der Waals surface area (Å²) in [5.41, 5.74) is 7.45. The van der Waals surface area contributed by atoms with E-state index in [4.69, 9.17) is 15.2 Å². The molecule has 0 atom stereocenters. The van der Waals surface area contributed by atoms with E-state index in [1.165, 1.54) is 0 Å². The highest BCUT2D eigenvalue weighted by atomic mass is 16.5. The molecule has 0 amide bonds. The van der Waals surface area contributed by atoms with E-state index in [2.05, 4.69) is 4.98 Å². The lowest BCUT2D eigenvalue weighted by molar-refractivity contribution is 0.407. The average molecular weight is 269 g/mol. The molecule has 0 unspecified atom stereocenters. The molecule has 2 N–H and O–H groups in total. The van der Waals surface area contributed by atoms with Crippen LogP contribution in [0.3, 0.4) is 0 Å². The molecule has 0 aliphatic heterocycles. The van der Waals surface area contributed by atoms with Gasteiger partial charge in [0.15, 0.2) is 0 Å². The summed E-state index contributed by atoms with van der Waals surface area (Å²) >= 11 is 0. The van der Waals surface area contributed by atoms with Crippen LogP contribution in [0.25, 0.3) is 5.65 Å². The van der Waals surface area contributed by atoms with Crippen molar-refractivity contribution in [3.8, 4) is 17.4 Å². The molecule has 5 nitrogen and oxygen atoms in total. The van der Waals surface area contributed by atoms with E-state index in [1.807, 2.05) is 53.1 Å². The highest BCUT2D eigenvalue weighted by Gasteiger charge is 2.12. The maximum Gasteiger partial charge on any atom is 0.242 e. The van der Waals surface area contributed by atoms with Crippen molar-refractivity contribution in [1.29, 1.82) is 0 Å². The van der Waals surface area contributed by atoms with Gasteiger partial charge in [-0.15, -0.1) is 0 Å². The van der Waals surface area contributed by atoms with Crippen LogP contribution in [-0.2, 0) is 6.54 Å². The van der Waals surface area contributed by atoms with Gasteiger partial charge < -0.3 is 15.2 Å². The number of nitrogens with two attached hydrogens (primary N) is 1. The second-order valence-corrected chi connectivity index (χ2v) is 4.28. The molecule has 102 valence electrons. The van der Waals surface area contributed by atoms with Crippen molar-refractivity contribution in [2.24, 2.45) is 5.73 Å². The van der Waals surface area contributed by atoms with Crippen LogP contribution < -0.4 is 15.2 Å². The summed E-state index contributed by atoms with van der Waals surface area (Å²) in [7, 11) is 1.62. The highest BCUT2D eigenvalue weighted by molar-refractivity contribution is 5.47. The molecule has 3 aromatic rings. The number of benzene rings is 1. The van der Waals surface area contributed by atoms with Crippen LogP contribution in [-0.4, -0.2) is 16.5 Å². The van der Waals surface area contributed by atoms with Crippen LogP contribution in [0.15, 0.2) is 48.7 Å². The maximum absolute atomic E-state index is 5.84. The number of rotatable bonds is 4. The Labute approximate surface area is 116 Å². The van der Waals surface area contributed by atoms with Crippen LogP contribution >= 0.6 is 0 Å². The zero-order valence-corrected chi connectivity index (χ0v) is 11.1. The predicted octanol–water partition coefficient (Wildman–Crippen LogP) is 2.59. The molecule has 0 saturated carbocycles. The Kier molecular flexibility index (Phi) is 3.26. The lowest BCUT2D eigenvalue weighted by Crippen LogP contribution is -2.02. The third-order valence-corrected chi connectivity index (χ3v) is 3.04. The molecule has 2 aromatic heterocycles. The first kappa shape index (κ1) is 12.5. The second kappa shape index (κ2) is 5.22. The Hall–Kier alpha value is -2.53. The minimum Gasteiger partial charge on any atom is -0.497 e. The number of fused-ring (bicyclic) bond motifs is 1. The van der Waals surface area contributed by atoms with Crippen LogP contribution in [0, 0.1) is 0 Å². The Bertz CT molecular complexity index is 737. The van der Waals surface area contributed by atoms with Crippen LogP contribution in [0.5, 0.6) is 17.4 Å². The van der Waals surface area contributed by atoms with Gasteiger partial charge >= 0.3 is 0 Å². The van der Waals surface area contributed by atoms with E-state index >= 15 is 0 Å². The van der Waals surface area contributed by atoms with Crippen molar-refractivity contribution in [1.82, 2.24) is 9.38 Å². The second-order valence-electron chi connectivity index (χ2n) is 4.28. The van der Waals surface area contributed by atoms with Crippen LogP contribution in [0.4, 0.5) is 0 Å². The van der Waals surface area contributed by atoms with Gasteiger partial charge in [-0.1, -0.05) is 12.1 Å². The summed E-state index contributed by atoms with van der Waals surface area (Å²) in [6, 6.07) is 13.2. The molecular weight excluding hydrogens is 254 g/mol. The fourth-order valence-electron chi connectivity index (χ4n) is 2.07. The summed E-state index contributed by atoms with van der Waals surface area (Å²) in [6.07, 6.45) is 1.92. The molecule has 5 heteroatoms. The molecule has 0 aliphatic rings. The SMILES string of the molecule is COc1cccc(Oc2nc3ccccn3c2CN)c1. The Morgan fingerprint density at radius 3 is 2.80 bits per heavy atom. The molecule has 0 bridgehead atoms. The third kappa shape index (κ3) is 2.19. The molecule has 0 aliphatic carbocycles. The standard InChI is InChI=1S/C15H15N3O2/c1-19-11-5-4-6-12(9-11)20-15-13(10-16)18-8-3-2-7-14(18)17-15/h2-9H,10,16H2,1H3. The number of ether oxygens (including phenoxy) is 2. The van der Waals surface area contributed by atoms with E-state index in [1.54, 1.807) is 7.11 Å². The first-order valence-electron chi connectivity index (χ1n) is 6.30. The van der Waals surface area contributed by atoms with Gasteiger partial charge in [0, 0.05) is 18.8 Å². The van der Waals surface area contributed by atoms with Gasteiger partial charge in [-0.25, -0.2) is 0 Å². The van der Waals surface area contributed by atoms with Crippen molar-refractivity contribution >= 4 is 5.65 Å². The molecular formula is C15H15N3O2. The Morgan fingerprint density at radius 1 is 1.15 bits per heavy atom.